The van der Waals surface area contributed by atoms with Gasteiger partial charge in [0.15, 0.2) is 0 Å². The number of nitrogens with zero attached hydrogens (tertiary/aromatic N) is 1. The van der Waals surface area contributed by atoms with Crippen molar-refractivity contribution in [3.05, 3.63) is 29.8 Å². The van der Waals surface area contributed by atoms with Crippen molar-refractivity contribution >= 4 is 10.8 Å². The highest BCUT2D eigenvalue weighted by Crippen LogP contribution is 2.22. The number of unbranched alkanes of at least 4 members (excludes halogenated alkanes) is 1. The van der Waals surface area contributed by atoms with Crippen LogP contribution in [0.15, 0.2) is 23.1 Å². The second-order valence-corrected chi connectivity index (χ2v) is 6.62. The first kappa shape index (κ1) is 15.8. The first-order chi connectivity index (χ1) is 8.85. The highest BCUT2D eigenvalue weighted by atomic mass is 32.2. The molecule has 0 aliphatic rings. The summed E-state index contributed by atoms with van der Waals surface area (Å²) in [5.41, 5.74) is -0.397. The molecule has 0 saturated heterocycles. The van der Waals surface area contributed by atoms with E-state index in [1.165, 1.54) is 0 Å². The molecule has 0 saturated carbocycles. The molecule has 0 N–H and O–H groups in total. The van der Waals surface area contributed by atoms with Crippen LogP contribution in [0, 0.1) is 28.4 Å². The Morgan fingerprint density at radius 1 is 1.32 bits per heavy atom. The highest BCUT2D eigenvalue weighted by Gasteiger charge is 2.16. The second kappa shape index (κ2) is 6.76. The zero-order chi connectivity index (χ0) is 14.5. The maximum atomic E-state index is 13.4. The third-order valence-corrected chi connectivity index (χ3v) is 4.29. The minimum atomic E-state index is -1.53. The summed E-state index contributed by atoms with van der Waals surface area (Å²) < 4.78 is 38.2. The predicted molar refractivity (Wildman–Crippen MR) is 70.9 cm³/mol. The molecule has 1 aromatic rings. The number of nitriles is 1. The lowest BCUT2D eigenvalue weighted by Crippen LogP contribution is -2.08. The van der Waals surface area contributed by atoms with E-state index < -0.39 is 27.8 Å². The van der Waals surface area contributed by atoms with Gasteiger partial charge in [0.05, 0.1) is 27.2 Å². The summed E-state index contributed by atoms with van der Waals surface area (Å²) in [6.07, 6.45) is 2.06. The van der Waals surface area contributed by atoms with Crippen molar-refractivity contribution in [3.63, 3.8) is 0 Å². The zero-order valence-electron chi connectivity index (χ0n) is 11.1. The number of benzene rings is 1. The van der Waals surface area contributed by atoms with E-state index in [1.807, 2.05) is 13.8 Å². The van der Waals surface area contributed by atoms with Crippen LogP contribution in [0.2, 0.25) is 0 Å². The molecular weight excluding hydrogens is 268 g/mol. The van der Waals surface area contributed by atoms with Gasteiger partial charge in [-0.05, 0) is 44.9 Å². The SMILES string of the molecule is CC(C)(C#N)CCCCS(=O)c1cc(F)ccc1F. The smallest absolute Gasteiger partial charge is 0.139 e. The summed E-state index contributed by atoms with van der Waals surface area (Å²) in [6, 6.07) is 5.16. The van der Waals surface area contributed by atoms with Crippen molar-refractivity contribution in [2.24, 2.45) is 5.41 Å². The van der Waals surface area contributed by atoms with Crippen molar-refractivity contribution < 1.29 is 13.0 Å². The Morgan fingerprint density at radius 2 is 2.00 bits per heavy atom. The molecule has 5 heteroatoms. The lowest BCUT2D eigenvalue weighted by atomic mass is 9.89. The van der Waals surface area contributed by atoms with Gasteiger partial charge in [0.1, 0.15) is 11.6 Å². The molecule has 0 aliphatic carbocycles. The molecule has 0 aromatic heterocycles. The average molecular weight is 285 g/mol. The van der Waals surface area contributed by atoms with Crippen molar-refractivity contribution in [3.8, 4) is 6.07 Å². The average Bonchev–Trinajstić information content (AvgIpc) is 2.37. The van der Waals surface area contributed by atoms with Gasteiger partial charge < -0.3 is 0 Å². The first-order valence-corrected chi connectivity index (χ1v) is 7.42. The maximum Gasteiger partial charge on any atom is 0.139 e. The van der Waals surface area contributed by atoms with Crippen LogP contribution < -0.4 is 0 Å². The van der Waals surface area contributed by atoms with E-state index in [-0.39, 0.29) is 10.6 Å². The maximum absolute atomic E-state index is 13.4. The molecule has 0 radical (unpaired) electrons. The number of hydrogen-bond acceptors (Lipinski definition) is 2. The summed E-state index contributed by atoms with van der Waals surface area (Å²) in [7, 11) is -1.53. The Balaban J connectivity index is 2.49. The molecule has 0 heterocycles. The summed E-state index contributed by atoms with van der Waals surface area (Å²) in [5, 5.41) is 8.85. The minimum absolute atomic E-state index is 0.0838. The van der Waals surface area contributed by atoms with Gasteiger partial charge in [-0.2, -0.15) is 5.26 Å². The lowest BCUT2D eigenvalue weighted by molar-refractivity contribution is 0.432. The van der Waals surface area contributed by atoms with Crippen LogP contribution in [0.1, 0.15) is 33.1 Å². The van der Waals surface area contributed by atoms with E-state index in [4.69, 9.17) is 5.26 Å². The zero-order valence-corrected chi connectivity index (χ0v) is 11.9. The van der Waals surface area contributed by atoms with Crippen LogP contribution in [0.25, 0.3) is 0 Å². The Morgan fingerprint density at radius 3 is 2.63 bits per heavy atom. The Hall–Kier alpha value is -1.28. The van der Waals surface area contributed by atoms with Crippen LogP contribution in [0.4, 0.5) is 8.78 Å². The van der Waals surface area contributed by atoms with Crippen molar-refractivity contribution in [2.45, 2.75) is 38.0 Å². The molecule has 0 spiro atoms. The number of halogens is 2. The molecule has 1 atom stereocenters. The van der Waals surface area contributed by atoms with Crippen molar-refractivity contribution in [1.29, 1.82) is 5.26 Å². The molecule has 1 aromatic carbocycles. The van der Waals surface area contributed by atoms with Gasteiger partial charge in [-0.15, -0.1) is 0 Å². The molecule has 0 amide bonds. The van der Waals surface area contributed by atoms with Gasteiger partial charge in [0.25, 0.3) is 0 Å². The molecule has 1 unspecified atom stereocenters. The van der Waals surface area contributed by atoms with E-state index in [0.717, 1.165) is 24.6 Å². The summed E-state index contributed by atoms with van der Waals surface area (Å²) in [5.74, 6) is -0.950. The van der Waals surface area contributed by atoms with E-state index in [2.05, 4.69) is 6.07 Å². The van der Waals surface area contributed by atoms with Crippen molar-refractivity contribution in [2.75, 3.05) is 5.75 Å². The van der Waals surface area contributed by atoms with Crippen LogP contribution >= 0.6 is 0 Å². The van der Waals surface area contributed by atoms with Gasteiger partial charge >= 0.3 is 0 Å². The third kappa shape index (κ3) is 5.07. The highest BCUT2D eigenvalue weighted by molar-refractivity contribution is 7.85. The van der Waals surface area contributed by atoms with E-state index in [9.17, 15) is 13.0 Å². The Labute approximate surface area is 114 Å². The summed E-state index contributed by atoms with van der Waals surface area (Å²) >= 11 is 0. The molecule has 0 fully saturated rings. The third-order valence-electron chi connectivity index (χ3n) is 2.82. The topological polar surface area (TPSA) is 40.9 Å². The largest absolute Gasteiger partial charge is 0.254 e. The molecular formula is C14H17F2NOS. The molecule has 19 heavy (non-hydrogen) atoms. The Kier molecular flexibility index (Phi) is 5.61. The molecule has 0 bridgehead atoms. The van der Waals surface area contributed by atoms with Gasteiger partial charge in [0.2, 0.25) is 0 Å². The summed E-state index contributed by atoms with van der Waals surface area (Å²) in [6.45, 7) is 3.69. The van der Waals surface area contributed by atoms with Crippen LogP contribution in [-0.2, 0) is 10.8 Å². The fourth-order valence-corrected chi connectivity index (χ4v) is 2.83. The van der Waals surface area contributed by atoms with Crippen LogP contribution in [0.5, 0.6) is 0 Å². The second-order valence-electron chi connectivity index (χ2n) is 5.08. The van der Waals surface area contributed by atoms with E-state index >= 15 is 0 Å². The lowest BCUT2D eigenvalue weighted by Gasteiger charge is -2.14. The predicted octanol–water partition coefficient (Wildman–Crippen LogP) is 3.79. The standard InChI is InChI=1S/C14H17F2NOS/c1-14(2,10-17)7-3-4-8-19(18)13-9-11(15)5-6-12(13)16/h5-6,9H,3-4,7-8H2,1-2H3. The molecule has 1 rings (SSSR count). The fourth-order valence-electron chi connectivity index (χ4n) is 1.62. The summed E-state index contributed by atoms with van der Waals surface area (Å²) in [4.78, 5) is -0.0838. The van der Waals surface area contributed by atoms with Gasteiger partial charge in [0, 0.05) is 5.75 Å². The van der Waals surface area contributed by atoms with Gasteiger partial charge in [-0.25, -0.2) is 8.78 Å². The van der Waals surface area contributed by atoms with E-state index in [1.54, 1.807) is 0 Å². The number of hydrogen-bond donors (Lipinski definition) is 0. The molecule has 2 nitrogen and oxygen atoms in total. The Bertz CT molecular complexity index is 509. The van der Waals surface area contributed by atoms with Gasteiger partial charge in [-0.3, -0.25) is 4.21 Å². The number of rotatable bonds is 6. The molecule has 104 valence electrons. The molecule has 0 aliphatic heterocycles. The normalized spacial score (nSPS) is 13.0. The minimum Gasteiger partial charge on any atom is -0.254 e. The van der Waals surface area contributed by atoms with Crippen molar-refractivity contribution in [1.82, 2.24) is 0 Å². The van der Waals surface area contributed by atoms with Crippen LogP contribution in [-0.4, -0.2) is 9.96 Å². The quantitative estimate of drug-likeness (QED) is 0.746. The fraction of sp³-hybridized carbons (Fsp3) is 0.500. The first-order valence-electron chi connectivity index (χ1n) is 6.10. The van der Waals surface area contributed by atoms with Crippen LogP contribution in [0.3, 0.4) is 0 Å². The van der Waals surface area contributed by atoms with Gasteiger partial charge in [-0.1, -0.05) is 6.42 Å². The monoisotopic (exact) mass is 285 g/mol. The van der Waals surface area contributed by atoms with E-state index in [0.29, 0.717) is 12.8 Å².